The van der Waals surface area contributed by atoms with Gasteiger partial charge in [0, 0.05) is 66.9 Å². The molecular weight excluding hydrogens is 533 g/mol. The van der Waals surface area contributed by atoms with E-state index in [0.717, 1.165) is 53.5 Å². The molecule has 6 rings (SSSR count). The number of allylic oxidation sites excluding steroid dienone is 3. The van der Waals surface area contributed by atoms with Gasteiger partial charge in [0.1, 0.15) is 0 Å². The minimum atomic E-state index is -0.875. The minimum absolute atomic E-state index is 0.0753. The molecule has 3 heterocycles. The zero-order valence-electron chi connectivity index (χ0n) is 25.5. The summed E-state index contributed by atoms with van der Waals surface area (Å²) in [4.78, 5) is 35.1. The van der Waals surface area contributed by atoms with Crippen molar-refractivity contribution in [3.8, 4) is 22.6 Å². The van der Waals surface area contributed by atoms with E-state index >= 15 is 0 Å². The van der Waals surface area contributed by atoms with Gasteiger partial charge in [-0.3, -0.25) is 9.59 Å². The Hall–Kier alpha value is -3.52. The lowest BCUT2D eigenvalue weighted by Gasteiger charge is -2.39. The number of hydrogen-bond acceptors (Lipinski definition) is 6. The summed E-state index contributed by atoms with van der Waals surface area (Å²) in [6.45, 7) is 8.57. The van der Waals surface area contributed by atoms with Crippen molar-refractivity contribution in [2.75, 3.05) is 27.2 Å². The fourth-order valence-electron chi connectivity index (χ4n) is 7.33. The highest BCUT2D eigenvalue weighted by molar-refractivity contribution is 6.04. The third kappa shape index (κ3) is 4.83. The number of aromatic nitrogens is 1. The van der Waals surface area contributed by atoms with E-state index in [2.05, 4.69) is 24.0 Å². The number of pyridine rings is 1. The SMILES string of the molecule is CC1=CC(C)=C(CN2CCc3c(c(C)c4c(c3-c3ccc(F)nc3)OC(C)(C3CCC(N(C)C)CC3)O4)C2=O)C(=O)C1. The summed E-state index contributed by atoms with van der Waals surface area (Å²) in [6, 6.07) is 3.57. The number of benzene rings is 1. The van der Waals surface area contributed by atoms with Crippen LogP contribution in [0.2, 0.25) is 0 Å². The van der Waals surface area contributed by atoms with Gasteiger partial charge in [0.2, 0.25) is 5.95 Å². The van der Waals surface area contributed by atoms with E-state index in [4.69, 9.17) is 9.47 Å². The van der Waals surface area contributed by atoms with Gasteiger partial charge in [-0.1, -0.05) is 11.6 Å². The van der Waals surface area contributed by atoms with Crippen LogP contribution in [0.25, 0.3) is 11.1 Å². The first-order valence-corrected chi connectivity index (χ1v) is 15.0. The number of carbonyl (C=O) groups excluding carboxylic acids is 2. The van der Waals surface area contributed by atoms with Gasteiger partial charge in [0.05, 0.1) is 5.56 Å². The Morgan fingerprint density at radius 1 is 1.05 bits per heavy atom. The van der Waals surface area contributed by atoms with Crippen molar-refractivity contribution in [1.82, 2.24) is 14.8 Å². The summed E-state index contributed by atoms with van der Waals surface area (Å²) >= 11 is 0. The molecule has 0 radical (unpaired) electrons. The number of hydrogen-bond donors (Lipinski definition) is 0. The number of rotatable bonds is 5. The number of ether oxygens (including phenoxy) is 2. The molecule has 2 aliphatic carbocycles. The first-order chi connectivity index (χ1) is 20.0. The number of halogens is 1. The third-order valence-electron chi connectivity index (χ3n) is 9.74. The predicted molar refractivity (Wildman–Crippen MR) is 159 cm³/mol. The summed E-state index contributed by atoms with van der Waals surface area (Å²) < 4.78 is 27.4. The van der Waals surface area contributed by atoms with Crippen LogP contribution in [0.4, 0.5) is 4.39 Å². The van der Waals surface area contributed by atoms with Crippen molar-refractivity contribution in [2.45, 2.75) is 78.0 Å². The molecule has 4 aliphatic rings. The van der Waals surface area contributed by atoms with Gasteiger partial charge < -0.3 is 19.3 Å². The van der Waals surface area contributed by atoms with Crippen LogP contribution < -0.4 is 9.47 Å². The molecule has 0 saturated heterocycles. The molecule has 1 atom stereocenters. The topological polar surface area (TPSA) is 72.0 Å². The van der Waals surface area contributed by atoms with Crippen LogP contribution in [-0.2, 0) is 11.2 Å². The number of amides is 1. The Morgan fingerprint density at radius 3 is 2.40 bits per heavy atom. The first kappa shape index (κ1) is 28.6. The Kier molecular flexibility index (Phi) is 7.24. The monoisotopic (exact) mass is 573 g/mol. The summed E-state index contributed by atoms with van der Waals surface area (Å²) in [7, 11) is 4.25. The summed E-state index contributed by atoms with van der Waals surface area (Å²) in [5, 5.41) is 0. The standard InChI is InChI=1S/C34H40FN3O4/c1-19-15-20(2)26(27(39)16-19)18-38-14-13-25-29(33(38)40)21(3)31-32(30(25)22-7-12-28(35)36-17-22)42-34(4,41-31)23-8-10-24(11-9-23)37(5)6/h7,12,15,17,23-24H,8-11,13-14,16,18H2,1-6H3. The third-order valence-corrected chi connectivity index (χ3v) is 9.74. The molecule has 1 saturated carbocycles. The molecule has 2 aromatic rings. The Morgan fingerprint density at radius 2 is 1.76 bits per heavy atom. The number of carbonyl (C=O) groups is 2. The van der Waals surface area contributed by atoms with Crippen LogP contribution in [0, 0.1) is 18.8 Å². The second-order valence-electron chi connectivity index (χ2n) is 12.8. The van der Waals surface area contributed by atoms with E-state index in [-0.39, 0.29) is 24.2 Å². The van der Waals surface area contributed by atoms with Crippen LogP contribution in [0.5, 0.6) is 11.5 Å². The fraction of sp³-hybridized carbons (Fsp3) is 0.500. The van der Waals surface area contributed by atoms with Crippen molar-refractivity contribution < 1.29 is 23.5 Å². The predicted octanol–water partition coefficient (Wildman–Crippen LogP) is 6.04. The molecule has 0 spiro atoms. The minimum Gasteiger partial charge on any atom is -0.448 e. The molecular formula is C34H40FN3O4. The highest BCUT2D eigenvalue weighted by Gasteiger charge is 2.49. The smallest absolute Gasteiger partial charge is 0.254 e. The lowest BCUT2D eigenvalue weighted by molar-refractivity contribution is -0.123. The van der Waals surface area contributed by atoms with Crippen LogP contribution in [-0.4, -0.2) is 65.5 Å². The molecule has 1 amide bonds. The maximum absolute atomic E-state index is 14.2. The summed E-state index contributed by atoms with van der Waals surface area (Å²) in [5.74, 6) is -0.124. The van der Waals surface area contributed by atoms with Gasteiger partial charge in [0.15, 0.2) is 17.3 Å². The molecule has 42 heavy (non-hydrogen) atoms. The van der Waals surface area contributed by atoms with Gasteiger partial charge in [-0.2, -0.15) is 4.39 Å². The molecule has 1 aromatic heterocycles. The second kappa shape index (κ2) is 10.6. The molecule has 222 valence electrons. The first-order valence-electron chi connectivity index (χ1n) is 15.0. The Bertz CT molecular complexity index is 1520. The average molecular weight is 574 g/mol. The average Bonchev–Trinajstić information content (AvgIpc) is 3.31. The largest absolute Gasteiger partial charge is 0.448 e. The van der Waals surface area contributed by atoms with E-state index in [1.54, 1.807) is 11.0 Å². The van der Waals surface area contributed by atoms with Crippen LogP contribution in [0.3, 0.4) is 0 Å². The van der Waals surface area contributed by atoms with E-state index in [1.807, 2.05) is 33.8 Å². The van der Waals surface area contributed by atoms with E-state index < -0.39 is 11.7 Å². The highest BCUT2D eigenvalue weighted by Crippen LogP contribution is 2.55. The Balaban J connectivity index is 1.40. The number of nitrogens with zero attached hydrogens (tertiary/aromatic N) is 3. The molecule has 7 nitrogen and oxygen atoms in total. The zero-order valence-corrected chi connectivity index (χ0v) is 25.5. The maximum Gasteiger partial charge on any atom is 0.254 e. The molecule has 0 bridgehead atoms. The molecule has 1 unspecified atom stereocenters. The quantitative estimate of drug-likeness (QED) is 0.407. The van der Waals surface area contributed by atoms with Gasteiger partial charge in [-0.05, 0) is 90.2 Å². The van der Waals surface area contributed by atoms with Gasteiger partial charge >= 0.3 is 0 Å². The summed E-state index contributed by atoms with van der Waals surface area (Å²) in [5.41, 5.74) is 6.28. The van der Waals surface area contributed by atoms with Crippen LogP contribution >= 0.6 is 0 Å². The van der Waals surface area contributed by atoms with E-state index in [1.165, 1.54) is 12.3 Å². The van der Waals surface area contributed by atoms with Gasteiger partial charge in [-0.15, -0.1) is 0 Å². The maximum atomic E-state index is 14.2. The van der Waals surface area contributed by atoms with E-state index in [0.29, 0.717) is 53.6 Å². The molecule has 2 aliphatic heterocycles. The summed E-state index contributed by atoms with van der Waals surface area (Å²) in [6.07, 6.45) is 8.58. The molecule has 0 N–H and O–H groups in total. The van der Waals surface area contributed by atoms with Crippen molar-refractivity contribution in [3.63, 3.8) is 0 Å². The molecule has 8 heteroatoms. The van der Waals surface area contributed by atoms with Crippen molar-refractivity contribution >= 4 is 11.7 Å². The fourth-order valence-corrected chi connectivity index (χ4v) is 7.33. The highest BCUT2D eigenvalue weighted by atomic mass is 19.1. The lowest BCUT2D eigenvalue weighted by Crippen LogP contribution is -2.46. The van der Waals surface area contributed by atoms with Gasteiger partial charge in [0.25, 0.3) is 11.7 Å². The van der Waals surface area contributed by atoms with E-state index in [9.17, 15) is 14.0 Å². The number of Topliss-reactive ketones (excluding diaryl/α,β-unsaturated/α-hetero) is 1. The zero-order chi connectivity index (χ0) is 29.9. The second-order valence-corrected chi connectivity index (χ2v) is 12.8. The van der Waals surface area contributed by atoms with Crippen molar-refractivity contribution in [3.05, 3.63) is 63.8 Å². The van der Waals surface area contributed by atoms with Crippen molar-refractivity contribution in [2.24, 2.45) is 5.92 Å². The van der Waals surface area contributed by atoms with Crippen LogP contribution in [0.1, 0.15) is 74.4 Å². The normalized spacial score (nSPS) is 25.7. The van der Waals surface area contributed by atoms with Crippen LogP contribution in [0.15, 0.2) is 41.1 Å². The lowest BCUT2D eigenvalue weighted by atomic mass is 9.81. The van der Waals surface area contributed by atoms with Crippen molar-refractivity contribution in [1.29, 1.82) is 0 Å². The molecule has 1 fully saturated rings. The number of ketones is 1. The molecule has 1 aromatic carbocycles. The Labute approximate surface area is 247 Å². The number of fused-ring (bicyclic) bond motifs is 2. The van der Waals surface area contributed by atoms with Gasteiger partial charge in [-0.25, -0.2) is 4.98 Å².